The first-order valence-electron chi connectivity index (χ1n) is 12.3. The van der Waals surface area contributed by atoms with Crippen LogP contribution in [-0.2, 0) is 20.7 Å². The summed E-state index contributed by atoms with van der Waals surface area (Å²) < 4.78 is 10.3. The molecule has 7 nitrogen and oxygen atoms in total. The van der Waals surface area contributed by atoms with Gasteiger partial charge in [0, 0.05) is 18.5 Å². The first-order chi connectivity index (χ1) is 15.7. The second-order valence-corrected chi connectivity index (χ2v) is 9.19. The van der Waals surface area contributed by atoms with E-state index in [0.29, 0.717) is 37.7 Å². The molecule has 0 fully saturated rings. The molecule has 33 heavy (non-hydrogen) atoms. The monoisotopic (exact) mass is 464 g/mol. The number of esters is 1. The molecule has 0 aliphatic rings. The van der Waals surface area contributed by atoms with E-state index in [4.69, 9.17) is 15.2 Å². The molecule has 0 bridgehead atoms. The number of unbranched alkanes of at least 4 members (excludes halogenated alkanes) is 1. The van der Waals surface area contributed by atoms with Crippen molar-refractivity contribution in [3.8, 4) is 5.75 Å². The number of hydrogen-bond donors (Lipinski definition) is 3. The number of ether oxygens (including phenoxy) is 2. The van der Waals surface area contributed by atoms with E-state index in [2.05, 4.69) is 26.1 Å². The van der Waals surface area contributed by atoms with Crippen LogP contribution in [0.3, 0.4) is 0 Å². The minimum Gasteiger partial charge on any atom is -0.482 e. The van der Waals surface area contributed by atoms with Crippen LogP contribution in [0.1, 0.15) is 65.9 Å². The number of nitrogens with two attached hydrogens (primary N) is 1. The topological polar surface area (TPSA) is 111 Å². The molecule has 1 amide bonds. The maximum absolute atomic E-state index is 12.2. The van der Waals surface area contributed by atoms with Crippen LogP contribution >= 0.6 is 0 Å². The Morgan fingerprint density at radius 2 is 1.76 bits per heavy atom. The summed E-state index contributed by atoms with van der Waals surface area (Å²) in [4.78, 5) is 23.6. The third-order valence-electron chi connectivity index (χ3n) is 5.97. The highest BCUT2D eigenvalue weighted by Gasteiger charge is 2.25. The first-order valence-corrected chi connectivity index (χ1v) is 12.3. The van der Waals surface area contributed by atoms with Crippen molar-refractivity contribution in [1.82, 2.24) is 5.32 Å². The zero-order chi connectivity index (χ0) is 24.8. The average Bonchev–Trinajstić information content (AvgIpc) is 2.78. The number of hydrogen-bond acceptors (Lipinski definition) is 6. The van der Waals surface area contributed by atoms with Gasteiger partial charge in [-0.3, -0.25) is 4.79 Å². The molecule has 0 spiro atoms. The Morgan fingerprint density at radius 1 is 1.09 bits per heavy atom. The fourth-order valence-electron chi connectivity index (χ4n) is 3.67. The lowest BCUT2D eigenvalue weighted by atomic mass is 9.82. The number of nitrogens with one attached hydrogen (secondary N) is 1. The molecule has 1 aromatic rings. The van der Waals surface area contributed by atoms with Crippen molar-refractivity contribution in [3.63, 3.8) is 0 Å². The Kier molecular flexibility index (Phi) is 13.7. The highest BCUT2D eigenvalue weighted by Crippen LogP contribution is 2.25. The van der Waals surface area contributed by atoms with E-state index in [1.165, 1.54) is 0 Å². The molecule has 7 heteroatoms. The minimum atomic E-state index is -0.725. The highest BCUT2D eigenvalue weighted by molar-refractivity contribution is 5.78. The number of aliphatic hydroxyl groups is 1. The maximum Gasteiger partial charge on any atom is 0.344 e. The SMILES string of the molecule is CCCCNC(=O)[C@H](C)C[C@H](O)[C@@H](N)C[C@H](Cc1ccc(OCC(=O)OCC)cc1)C(C)C. The quantitative estimate of drug-likeness (QED) is 0.255. The van der Waals surface area contributed by atoms with E-state index in [-0.39, 0.29) is 30.3 Å². The zero-order valence-electron chi connectivity index (χ0n) is 21.0. The van der Waals surface area contributed by atoms with Gasteiger partial charge < -0.3 is 25.6 Å². The Bertz CT molecular complexity index is 692. The van der Waals surface area contributed by atoms with Crippen LogP contribution in [0.2, 0.25) is 0 Å². The fraction of sp³-hybridized carbons (Fsp3) is 0.692. The molecule has 0 saturated carbocycles. The number of carbonyl (C=O) groups is 2. The predicted octanol–water partition coefficient (Wildman–Crippen LogP) is 3.46. The lowest BCUT2D eigenvalue weighted by Gasteiger charge is -2.28. The van der Waals surface area contributed by atoms with Crippen molar-refractivity contribution in [2.45, 2.75) is 78.9 Å². The van der Waals surface area contributed by atoms with Gasteiger partial charge in [0.2, 0.25) is 5.91 Å². The smallest absolute Gasteiger partial charge is 0.344 e. The molecule has 0 radical (unpaired) electrons. The summed E-state index contributed by atoms with van der Waals surface area (Å²) >= 11 is 0. The normalized spacial score (nSPS) is 14.9. The molecule has 4 atom stereocenters. The van der Waals surface area contributed by atoms with E-state index in [9.17, 15) is 14.7 Å². The van der Waals surface area contributed by atoms with Gasteiger partial charge in [-0.2, -0.15) is 0 Å². The molecule has 1 rings (SSSR count). The fourth-order valence-corrected chi connectivity index (χ4v) is 3.67. The van der Waals surface area contributed by atoms with Gasteiger partial charge in [0.25, 0.3) is 0 Å². The number of benzene rings is 1. The third kappa shape index (κ3) is 11.5. The summed E-state index contributed by atoms with van der Waals surface area (Å²) in [5, 5.41) is 13.5. The molecule has 0 heterocycles. The molecule has 0 aliphatic carbocycles. The van der Waals surface area contributed by atoms with Gasteiger partial charge in [0.1, 0.15) is 5.75 Å². The number of rotatable bonds is 16. The van der Waals surface area contributed by atoms with Crippen LogP contribution in [0, 0.1) is 17.8 Å². The molecule has 0 aliphatic heterocycles. The average molecular weight is 465 g/mol. The van der Waals surface area contributed by atoms with Gasteiger partial charge >= 0.3 is 5.97 Å². The minimum absolute atomic E-state index is 0.0274. The van der Waals surface area contributed by atoms with Gasteiger partial charge in [-0.05, 0) is 62.1 Å². The van der Waals surface area contributed by atoms with E-state index < -0.39 is 12.1 Å². The molecule has 0 saturated heterocycles. The van der Waals surface area contributed by atoms with E-state index in [1.807, 2.05) is 31.2 Å². The van der Waals surface area contributed by atoms with Crippen molar-refractivity contribution in [1.29, 1.82) is 0 Å². The first kappa shape index (κ1) is 28.9. The Hall–Kier alpha value is -2.12. The highest BCUT2D eigenvalue weighted by atomic mass is 16.6. The number of amides is 1. The van der Waals surface area contributed by atoms with Crippen LogP contribution in [0.4, 0.5) is 0 Å². The maximum atomic E-state index is 12.2. The van der Waals surface area contributed by atoms with Gasteiger partial charge in [0.15, 0.2) is 6.61 Å². The molecule has 1 aromatic carbocycles. The lowest BCUT2D eigenvalue weighted by Crippen LogP contribution is -2.41. The largest absolute Gasteiger partial charge is 0.482 e. The molecule has 4 N–H and O–H groups in total. The van der Waals surface area contributed by atoms with Crippen molar-refractivity contribution in [3.05, 3.63) is 29.8 Å². The van der Waals surface area contributed by atoms with Crippen LogP contribution in [-0.4, -0.2) is 48.9 Å². The van der Waals surface area contributed by atoms with Gasteiger partial charge in [-0.25, -0.2) is 4.79 Å². The van der Waals surface area contributed by atoms with Crippen LogP contribution in [0.25, 0.3) is 0 Å². The van der Waals surface area contributed by atoms with E-state index >= 15 is 0 Å². The Labute approximate surface area is 199 Å². The second kappa shape index (κ2) is 15.7. The summed E-state index contributed by atoms with van der Waals surface area (Å²) in [7, 11) is 0. The van der Waals surface area contributed by atoms with E-state index in [1.54, 1.807) is 6.92 Å². The number of aliphatic hydroxyl groups excluding tert-OH is 1. The van der Waals surface area contributed by atoms with Crippen molar-refractivity contribution in [2.24, 2.45) is 23.5 Å². The standard InChI is InChI=1S/C26H44N2O5/c1-6-8-13-28-26(31)19(5)14-24(29)23(27)16-21(18(3)4)15-20-9-11-22(12-10-20)33-17-25(30)32-7-2/h9-12,18-19,21,23-24,29H,6-8,13-17,27H2,1-5H3,(H,28,31)/t19-,21+,23+,24+/m1/s1. The van der Waals surface area contributed by atoms with Crippen LogP contribution in [0.5, 0.6) is 5.75 Å². The summed E-state index contributed by atoms with van der Waals surface area (Å²) in [6.07, 6.45) is 3.11. The van der Waals surface area contributed by atoms with Gasteiger partial charge in [0.05, 0.1) is 12.7 Å². The summed E-state index contributed by atoms with van der Waals surface area (Å²) in [5.41, 5.74) is 7.49. The Morgan fingerprint density at radius 3 is 2.33 bits per heavy atom. The summed E-state index contributed by atoms with van der Waals surface area (Å²) in [6, 6.07) is 7.27. The summed E-state index contributed by atoms with van der Waals surface area (Å²) in [5.74, 6) is 0.600. The molecule has 188 valence electrons. The Balaban J connectivity index is 2.58. The zero-order valence-corrected chi connectivity index (χ0v) is 21.0. The molecule has 0 aromatic heterocycles. The number of carbonyl (C=O) groups excluding carboxylic acids is 2. The van der Waals surface area contributed by atoms with Crippen LogP contribution in [0.15, 0.2) is 24.3 Å². The third-order valence-corrected chi connectivity index (χ3v) is 5.97. The van der Waals surface area contributed by atoms with Crippen molar-refractivity contribution in [2.75, 3.05) is 19.8 Å². The predicted molar refractivity (Wildman–Crippen MR) is 131 cm³/mol. The molecular formula is C26H44N2O5. The van der Waals surface area contributed by atoms with Crippen LogP contribution < -0.4 is 15.8 Å². The van der Waals surface area contributed by atoms with Crippen molar-refractivity contribution >= 4 is 11.9 Å². The van der Waals surface area contributed by atoms with E-state index in [0.717, 1.165) is 24.8 Å². The summed E-state index contributed by atoms with van der Waals surface area (Å²) in [6.45, 7) is 10.9. The van der Waals surface area contributed by atoms with Crippen molar-refractivity contribution < 1.29 is 24.2 Å². The molecular weight excluding hydrogens is 420 g/mol. The molecule has 0 unspecified atom stereocenters. The van der Waals surface area contributed by atoms with Gasteiger partial charge in [-0.1, -0.05) is 46.2 Å². The van der Waals surface area contributed by atoms with Gasteiger partial charge in [-0.15, -0.1) is 0 Å². The lowest BCUT2D eigenvalue weighted by molar-refractivity contribution is -0.145. The second-order valence-electron chi connectivity index (χ2n) is 9.19.